The molecule has 9 heteroatoms. The number of hydrogen-bond acceptors (Lipinski definition) is 6. The van der Waals surface area contributed by atoms with Gasteiger partial charge in [-0.2, -0.15) is 0 Å². The van der Waals surface area contributed by atoms with Crippen LogP contribution in [-0.2, 0) is 19.5 Å². The summed E-state index contributed by atoms with van der Waals surface area (Å²) in [6.45, 7) is 16.0. The maximum atomic E-state index is 4.95. The monoisotopic (exact) mass is 696 g/mol. The van der Waals surface area contributed by atoms with Crippen LogP contribution in [0, 0.1) is 0 Å². The fourth-order valence-electron chi connectivity index (χ4n) is 5.46. The summed E-state index contributed by atoms with van der Waals surface area (Å²) in [5.74, 6) is 2.21. The third-order valence-electron chi connectivity index (χ3n) is 7.33. The van der Waals surface area contributed by atoms with Crippen LogP contribution in [0.25, 0.3) is 89.7 Å². The van der Waals surface area contributed by atoms with Gasteiger partial charge >= 0.3 is 19.5 Å². The molecule has 2 aliphatic heterocycles. The van der Waals surface area contributed by atoms with Gasteiger partial charge in [-0.15, -0.1) is 0 Å². The summed E-state index contributed by atoms with van der Waals surface area (Å²) in [7, 11) is 0. The van der Waals surface area contributed by atoms with E-state index >= 15 is 0 Å². The molecule has 3 aromatic heterocycles. The van der Waals surface area contributed by atoms with Crippen molar-refractivity contribution in [2.24, 2.45) is 0 Å². The minimum Gasteiger partial charge on any atom is -0.357 e. The van der Waals surface area contributed by atoms with E-state index in [0.29, 0.717) is 45.9 Å². The molecule has 2 aliphatic rings. The van der Waals surface area contributed by atoms with E-state index in [0.717, 1.165) is 43.8 Å². The zero-order chi connectivity index (χ0) is 34.2. The molecule has 0 unspecified atom stereocenters. The minimum absolute atomic E-state index is 0. The first-order valence-corrected chi connectivity index (χ1v) is 16.9. The molecule has 0 radical (unpaired) electrons. The van der Waals surface area contributed by atoms with Crippen LogP contribution >= 0.6 is 0 Å². The van der Waals surface area contributed by atoms with Crippen molar-refractivity contribution in [2.45, 2.75) is 55.4 Å². The molecule has 0 aliphatic carbocycles. The molecule has 0 saturated carbocycles. The third-order valence-corrected chi connectivity index (χ3v) is 7.33. The van der Waals surface area contributed by atoms with Crippen molar-refractivity contribution in [3.05, 3.63) is 97.1 Å². The summed E-state index contributed by atoms with van der Waals surface area (Å²) >= 11 is 0. The molecular formula is C40H40N8Zn. The van der Waals surface area contributed by atoms with Gasteiger partial charge < -0.3 is 29.9 Å². The zero-order valence-electron chi connectivity index (χ0n) is 29.5. The fraction of sp³-hybridized carbons (Fsp3) is 0.200. The molecule has 8 bridgehead atoms. The van der Waals surface area contributed by atoms with E-state index < -0.39 is 0 Å². The maximum Gasteiger partial charge on any atom is 2.00 e. The van der Waals surface area contributed by atoms with Gasteiger partial charge in [-0.05, 0) is 21.5 Å². The molecule has 49 heavy (non-hydrogen) atoms. The molecule has 0 amide bonds. The summed E-state index contributed by atoms with van der Waals surface area (Å²) in [5.41, 5.74) is 5.78. The van der Waals surface area contributed by atoms with Gasteiger partial charge in [0.15, 0.2) is 0 Å². The molecule has 0 spiro atoms. The first kappa shape index (κ1) is 36.7. The Kier molecular flexibility index (Phi) is 12.6. The quantitative estimate of drug-likeness (QED) is 0.144. The van der Waals surface area contributed by atoms with Crippen LogP contribution in [0.3, 0.4) is 0 Å². The Balaban J connectivity index is 0.000000564. The molecule has 8 nitrogen and oxygen atoms in total. The number of benzene rings is 4. The van der Waals surface area contributed by atoms with Gasteiger partial charge in [0.05, 0.1) is 23.3 Å². The van der Waals surface area contributed by atoms with E-state index in [2.05, 4.69) is 0 Å². The second kappa shape index (κ2) is 16.8. The molecule has 0 N–H and O–H groups in total. The fourth-order valence-corrected chi connectivity index (χ4v) is 5.46. The van der Waals surface area contributed by atoms with Crippen molar-refractivity contribution in [2.75, 3.05) is 0 Å². The van der Waals surface area contributed by atoms with Gasteiger partial charge in [-0.3, -0.25) is 0 Å². The van der Waals surface area contributed by atoms with Gasteiger partial charge in [0.2, 0.25) is 0 Å². The van der Waals surface area contributed by atoms with Gasteiger partial charge in [-0.1, -0.05) is 152 Å². The Morgan fingerprint density at radius 1 is 0.306 bits per heavy atom. The van der Waals surface area contributed by atoms with Crippen molar-refractivity contribution >= 4 is 44.1 Å². The molecule has 0 atom stereocenters. The average molecular weight is 698 g/mol. The van der Waals surface area contributed by atoms with Crippen LogP contribution in [0.15, 0.2) is 97.1 Å². The van der Waals surface area contributed by atoms with E-state index in [-0.39, 0.29) is 19.5 Å². The van der Waals surface area contributed by atoms with E-state index in [4.69, 9.17) is 39.9 Å². The molecule has 4 aromatic carbocycles. The summed E-state index contributed by atoms with van der Waals surface area (Å²) in [5, 5.41) is 3.57. The largest absolute Gasteiger partial charge is 2.00 e. The molecule has 5 heterocycles. The van der Waals surface area contributed by atoms with E-state index in [1.165, 1.54) is 0 Å². The molecule has 0 fully saturated rings. The summed E-state index contributed by atoms with van der Waals surface area (Å²) in [6, 6.07) is 31.8. The number of hydrogen-bond donors (Lipinski definition) is 0. The Morgan fingerprint density at radius 2 is 0.510 bits per heavy atom. The molecular weight excluding hydrogens is 658 g/mol. The van der Waals surface area contributed by atoms with Crippen molar-refractivity contribution in [1.29, 1.82) is 0 Å². The van der Waals surface area contributed by atoms with Gasteiger partial charge in [0, 0.05) is 44.8 Å². The molecule has 0 saturated heterocycles. The van der Waals surface area contributed by atoms with Crippen LogP contribution < -0.4 is 9.97 Å². The molecule has 9 rings (SSSR count). The van der Waals surface area contributed by atoms with Crippen molar-refractivity contribution in [3.8, 4) is 45.6 Å². The van der Waals surface area contributed by atoms with Crippen LogP contribution in [0.5, 0.6) is 0 Å². The van der Waals surface area contributed by atoms with Crippen LogP contribution in [0.4, 0.5) is 0 Å². The SMILES string of the molecule is CC.CC.CC.CC.[Zn+2].c1ccc2c(c1)-c1nc-2nc2[n-]c(nc3nc(nc4[n-]c(n1)c1ccccc41)-c1ccccc1-3)c1ccccc21. The van der Waals surface area contributed by atoms with Crippen LogP contribution in [0.2, 0.25) is 0 Å². The van der Waals surface area contributed by atoms with E-state index in [1.54, 1.807) is 0 Å². The zero-order valence-corrected chi connectivity index (χ0v) is 32.5. The van der Waals surface area contributed by atoms with E-state index in [9.17, 15) is 0 Å². The summed E-state index contributed by atoms with van der Waals surface area (Å²) in [6.07, 6.45) is 0. The summed E-state index contributed by atoms with van der Waals surface area (Å²) in [4.78, 5) is 39.3. The average Bonchev–Trinajstić information content (AvgIpc) is 3.91. The predicted octanol–water partition coefficient (Wildman–Crippen LogP) is 10.2. The molecule has 242 valence electrons. The second-order valence-corrected chi connectivity index (χ2v) is 9.67. The van der Waals surface area contributed by atoms with Crippen molar-refractivity contribution < 1.29 is 19.5 Å². The van der Waals surface area contributed by atoms with Gasteiger partial charge in [-0.25, -0.2) is 9.97 Å². The predicted molar refractivity (Wildman–Crippen MR) is 199 cm³/mol. The van der Waals surface area contributed by atoms with Gasteiger partial charge in [0.1, 0.15) is 0 Å². The smallest absolute Gasteiger partial charge is 0.357 e. The second-order valence-electron chi connectivity index (χ2n) is 9.67. The topological polar surface area (TPSA) is 106 Å². The van der Waals surface area contributed by atoms with E-state index in [1.807, 2.05) is 152 Å². The Hall–Kier alpha value is -5.14. The number of nitrogens with zero attached hydrogens (tertiary/aromatic N) is 8. The Morgan fingerprint density at radius 3 is 0.735 bits per heavy atom. The number of aromatic nitrogens is 8. The normalized spacial score (nSPS) is 10.3. The molecule has 7 aromatic rings. The van der Waals surface area contributed by atoms with Crippen molar-refractivity contribution in [3.63, 3.8) is 0 Å². The van der Waals surface area contributed by atoms with Crippen molar-refractivity contribution in [1.82, 2.24) is 39.9 Å². The standard InChI is InChI=1S/C32H16N8.4C2H6.Zn/c1-2-10-18-17(9-1)25-33-26(18)38-28-21-13-5-6-14-22(21)30(35-28)40-32-24-16-8-7-15-23(24)31(36-32)39-29-20-12-4-3-11-19(20)27(34-29)37-25;4*1-2;/h1-16H;4*1-2H3;/q-2;;;;;+2. The Labute approximate surface area is 300 Å². The maximum absolute atomic E-state index is 4.95. The first-order chi connectivity index (χ1) is 23.8. The first-order valence-electron chi connectivity index (χ1n) is 16.9. The number of rotatable bonds is 0. The third kappa shape index (κ3) is 6.76. The van der Waals surface area contributed by atoms with Crippen LogP contribution in [0.1, 0.15) is 55.4 Å². The van der Waals surface area contributed by atoms with Gasteiger partial charge in [0.25, 0.3) is 0 Å². The Bertz CT molecular complexity index is 2040. The summed E-state index contributed by atoms with van der Waals surface area (Å²) < 4.78 is 0. The minimum atomic E-state index is 0. The number of fused-ring (bicyclic) bond motifs is 20. The van der Waals surface area contributed by atoms with Crippen LogP contribution in [-0.4, -0.2) is 29.9 Å².